The summed E-state index contributed by atoms with van der Waals surface area (Å²) in [7, 11) is 0. The Labute approximate surface area is 60.1 Å². The van der Waals surface area contributed by atoms with Gasteiger partial charge < -0.3 is 0 Å². The molecule has 0 aromatic carbocycles. The molecule has 0 heterocycles. The second-order valence-electron chi connectivity index (χ2n) is 1.96. The lowest BCUT2D eigenvalue weighted by Crippen LogP contribution is -1.93. The lowest BCUT2D eigenvalue weighted by atomic mass is 10.0. The highest BCUT2D eigenvalue weighted by atomic mass is 32.1. The van der Waals surface area contributed by atoms with E-state index in [0.717, 1.165) is 11.3 Å². The van der Waals surface area contributed by atoms with Gasteiger partial charge in [-0.3, -0.25) is 0 Å². The molecule has 1 aliphatic rings. The van der Waals surface area contributed by atoms with Gasteiger partial charge in [0.25, 0.3) is 0 Å². The van der Waals surface area contributed by atoms with E-state index in [-0.39, 0.29) is 5.92 Å². The topological polar surface area (TPSA) is 23.8 Å². The lowest BCUT2D eigenvalue weighted by molar-refractivity contribution is 0.836. The molecule has 0 radical (unpaired) electrons. The van der Waals surface area contributed by atoms with Crippen molar-refractivity contribution in [2.75, 3.05) is 0 Å². The highest BCUT2D eigenvalue weighted by Gasteiger charge is 2.03. The molecule has 0 aliphatic heterocycles. The first kappa shape index (κ1) is 6.44. The highest BCUT2D eigenvalue weighted by molar-refractivity contribution is 7.84. The molecule has 1 atom stereocenters. The summed E-state index contributed by atoms with van der Waals surface area (Å²) in [5.41, 5.74) is 0. The van der Waals surface area contributed by atoms with E-state index >= 15 is 0 Å². The van der Waals surface area contributed by atoms with Crippen LogP contribution in [0.15, 0.2) is 23.1 Å². The second-order valence-corrected chi connectivity index (χ2v) is 2.48. The molecular weight excluding hydrogens is 130 g/mol. The molecule has 9 heavy (non-hydrogen) atoms. The van der Waals surface area contributed by atoms with E-state index in [4.69, 9.17) is 5.26 Å². The Morgan fingerprint density at radius 3 is 3.00 bits per heavy atom. The molecule has 1 aliphatic carbocycles. The summed E-state index contributed by atoms with van der Waals surface area (Å²) in [6.07, 6.45) is 6.51. The van der Waals surface area contributed by atoms with E-state index < -0.39 is 0 Å². The van der Waals surface area contributed by atoms with Gasteiger partial charge in [0.05, 0.1) is 12.0 Å². The number of allylic oxidation sites excluding steroid dienone is 3. The van der Waals surface area contributed by atoms with Crippen LogP contribution in [0.2, 0.25) is 0 Å². The Kier molecular flexibility index (Phi) is 1.96. The molecule has 0 aromatic heterocycles. The van der Waals surface area contributed by atoms with Crippen LogP contribution in [0, 0.1) is 17.2 Å². The smallest absolute Gasteiger partial charge is 0.0700 e. The van der Waals surface area contributed by atoms with E-state index in [1.54, 1.807) is 0 Å². The van der Waals surface area contributed by atoms with Crippen LogP contribution in [0.1, 0.15) is 6.42 Å². The molecule has 1 rings (SSSR count). The zero-order valence-electron chi connectivity index (χ0n) is 4.91. The molecule has 1 nitrogen and oxygen atoms in total. The number of nitriles is 1. The van der Waals surface area contributed by atoms with Gasteiger partial charge in [0.1, 0.15) is 0 Å². The molecule has 1 unspecified atom stereocenters. The van der Waals surface area contributed by atoms with Gasteiger partial charge in [0, 0.05) is 0 Å². The van der Waals surface area contributed by atoms with Crippen molar-refractivity contribution in [2.24, 2.45) is 5.92 Å². The van der Waals surface area contributed by atoms with E-state index in [9.17, 15) is 0 Å². The minimum Gasteiger partial charge on any atom is -0.198 e. The predicted octanol–water partition coefficient (Wildman–Crippen LogP) is 1.90. The molecule has 0 saturated carbocycles. The third-order valence-corrected chi connectivity index (χ3v) is 1.58. The Morgan fingerprint density at radius 1 is 1.78 bits per heavy atom. The first-order valence-corrected chi connectivity index (χ1v) is 3.24. The third kappa shape index (κ3) is 1.62. The Hall–Kier alpha value is -0.680. The van der Waals surface area contributed by atoms with Crippen molar-refractivity contribution >= 4 is 12.6 Å². The summed E-state index contributed by atoms with van der Waals surface area (Å²) < 4.78 is 0. The van der Waals surface area contributed by atoms with Gasteiger partial charge in [-0.05, 0) is 11.3 Å². The number of nitrogens with zero attached hydrogens (tertiary/aromatic N) is 1. The van der Waals surface area contributed by atoms with Crippen molar-refractivity contribution in [1.29, 1.82) is 5.26 Å². The van der Waals surface area contributed by atoms with Gasteiger partial charge in [-0.2, -0.15) is 5.26 Å². The van der Waals surface area contributed by atoms with Crippen LogP contribution in [-0.4, -0.2) is 0 Å². The maximum Gasteiger partial charge on any atom is 0.0700 e. The van der Waals surface area contributed by atoms with E-state index in [1.165, 1.54) is 0 Å². The van der Waals surface area contributed by atoms with Crippen LogP contribution >= 0.6 is 12.6 Å². The fraction of sp³-hybridized carbons (Fsp3) is 0.286. The predicted molar refractivity (Wildman–Crippen MR) is 39.9 cm³/mol. The van der Waals surface area contributed by atoms with Crippen molar-refractivity contribution in [1.82, 2.24) is 0 Å². The molecule has 0 saturated heterocycles. The number of thiol groups is 1. The molecule has 0 N–H and O–H groups in total. The van der Waals surface area contributed by atoms with Crippen LogP contribution in [0.5, 0.6) is 0 Å². The zero-order chi connectivity index (χ0) is 6.69. The van der Waals surface area contributed by atoms with Gasteiger partial charge in [-0.1, -0.05) is 18.2 Å². The maximum absolute atomic E-state index is 8.42. The van der Waals surface area contributed by atoms with Crippen molar-refractivity contribution < 1.29 is 0 Å². The Bertz CT molecular complexity index is 197. The van der Waals surface area contributed by atoms with Crippen molar-refractivity contribution in [3.05, 3.63) is 23.1 Å². The average Bonchev–Trinajstić information content (AvgIpc) is 1.90. The van der Waals surface area contributed by atoms with Crippen molar-refractivity contribution in [3.8, 4) is 6.07 Å². The summed E-state index contributed by atoms with van der Waals surface area (Å²) in [6, 6.07) is 2.16. The Balaban J connectivity index is 2.61. The molecule has 0 amide bonds. The Morgan fingerprint density at radius 2 is 2.56 bits per heavy atom. The summed E-state index contributed by atoms with van der Waals surface area (Å²) in [5.74, 6) is 0.0703. The average molecular weight is 137 g/mol. The van der Waals surface area contributed by atoms with Gasteiger partial charge >= 0.3 is 0 Å². The van der Waals surface area contributed by atoms with Crippen LogP contribution in [0.25, 0.3) is 0 Å². The van der Waals surface area contributed by atoms with Gasteiger partial charge in [0.15, 0.2) is 0 Å². The SMILES string of the molecule is N#CC1C=CC(S)=CC1. The summed E-state index contributed by atoms with van der Waals surface area (Å²) in [4.78, 5) is 0.960. The lowest BCUT2D eigenvalue weighted by Gasteiger charge is -2.03. The summed E-state index contributed by atoms with van der Waals surface area (Å²) in [5, 5.41) is 8.42. The third-order valence-electron chi connectivity index (χ3n) is 1.25. The zero-order valence-corrected chi connectivity index (χ0v) is 5.81. The van der Waals surface area contributed by atoms with E-state index in [1.807, 2.05) is 18.2 Å². The van der Waals surface area contributed by atoms with Crippen molar-refractivity contribution in [3.63, 3.8) is 0 Å². The van der Waals surface area contributed by atoms with Crippen LogP contribution in [-0.2, 0) is 0 Å². The van der Waals surface area contributed by atoms with Crippen LogP contribution in [0.3, 0.4) is 0 Å². The fourth-order valence-corrected chi connectivity index (χ4v) is 0.896. The minimum atomic E-state index is 0.0703. The first-order chi connectivity index (χ1) is 4.33. The second kappa shape index (κ2) is 2.75. The molecule has 46 valence electrons. The minimum absolute atomic E-state index is 0.0703. The van der Waals surface area contributed by atoms with Gasteiger partial charge in [-0.15, -0.1) is 12.6 Å². The molecule has 0 aromatic rings. The number of hydrogen-bond acceptors (Lipinski definition) is 2. The molecule has 0 spiro atoms. The van der Waals surface area contributed by atoms with E-state index in [2.05, 4.69) is 18.7 Å². The number of rotatable bonds is 0. The monoisotopic (exact) mass is 137 g/mol. The largest absolute Gasteiger partial charge is 0.198 e. The first-order valence-electron chi connectivity index (χ1n) is 2.80. The summed E-state index contributed by atoms with van der Waals surface area (Å²) in [6.45, 7) is 0. The van der Waals surface area contributed by atoms with Crippen LogP contribution in [0.4, 0.5) is 0 Å². The molecule has 2 heteroatoms. The van der Waals surface area contributed by atoms with Crippen molar-refractivity contribution in [2.45, 2.75) is 6.42 Å². The highest BCUT2D eigenvalue weighted by Crippen LogP contribution is 2.16. The normalized spacial score (nSPS) is 24.9. The summed E-state index contributed by atoms with van der Waals surface area (Å²) >= 11 is 4.11. The quantitative estimate of drug-likeness (QED) is 0.506. The molecule has 0 bridgehead atoms. The number of hydrogen-bond donors (Lipinski definition) is 1. The van der Waals surface area contributed by atoms with Crippen LogP contribution < -0.4 is 0 Å². The van der Waals surface area contributed by atoms with Gasteiger partial charge in [-0.25, -0.2) is 0 Å². The molecular formula is C7H7NS. The van der Waals surface area contributed by atoms with E-state index in [0.29, 0.717) is 0 Å². The standard InChI is InChI=1S/C7H7NS/c8-5-6-1-3-7(9)4-2-6/h1,3-4,6,9H,2H2. The maximum atomic E-state index is 8.42. The molecule has 0 fully saturated rings. The van der Waals surface area contributed by atoms with Gasteiger partial charge in [0.2, 0.25) is 0 Å². The fourth-order valence-electron chi connectivity index (χ4n) is 0.705.